The van der Waals surface area contributed by atoms with Gasteiger partial charge in [-0.2, -0.15) is 0 Å². The standard InChI is InChI=1S/C8H8O4S/c1-5(9)7-4-6(13(11)12)2-3-8(7)10/h2-4,10,13H,1H3. The van der Waals surface area contributed by atoms with E-state index in [-0.39, 0.29) is 22.0 Å². The summed E-state index contributed by atoms with van der Waals surface area (Å²) in [6.07, 6.45) is 0. The van der Waals surface area contributed by atoms with Gasteiger partial charge in [0.15, 0.2) is 16.5 Å². The highest BCUT2D eigenvalue weighted by atomic mass is 32.2. The molecule has 0 atom stereocenters. The van der Waals surface area contributed by atoms with Gasteiger partial charge in [0.05, 0.1) is 10.5 Å². The molecule has 5 heteroatoms. The average Bonchev–Trinajstić information content (AvgIpc) is 2.04. The van der Waals surface area contributed by atoms with Gasteiger partial charge < -0.3 is 5.11 Å². The van der Waals surface area contributed by atoms with Gasteiger partial charge in [-0.25, -0.2) is 8.42 Å². The van der Waals surface area contributed by atoms with Crippen LogP contribution < -0.4 is 0 Å². The van der Waals surface area contributed by atoms with Crippen molar-refractivity contribution in [3.05, 3.63) is 23.8 Å². The van der Waals surface area contributed by atoms with Crippen LogP contribution in [0.25, 0.3) is 0 Å². The molecule has 1 N–H and O–H groups in total. The Labute approximate surface area is 76.8 Å². The SMILES string of the molecule is CC(=O)c1cc([SH](=O)=O)ccc1O. The van der Waals surface area contributed by atoms with Gasteiger partial charge in [0.2, 0.25) is 0 Å². The number of ketones is 1. The zero-order valence-corrected chi connectivity index (χ0v) is 7.75. The highest BCUT2D eigenvalue weighted by Gasteiger charge is 2.07. The Hall–Kier alpha value is -1.36. The summed E-state index contributed by atoms with van der Waals surface area (Å²) in [4.78, 5) is 10.9. The summed E-state index contributed by atoms with van der Waals surface area (Å²) in [5.41, 5.74) is 0.0247. The number of rotatable bonds is 2. The molecule has 0 amide bonds. The van der Waals surface area contributed by atoms with Gasteiger partial charge in [-0.15, -0.1) is 0 Å². The van der Waals surface area contributed by atoms with Crippen LogP contribution in [0.2, 0.25) is 0 Å². The molecule has 0 saturated heterocycles. The second-order valence-corrected chi connectivity index (χ2v) is 3.55. The Bertz CT molecular complexity index is 412. The summed E-state index contributed by atoms with van der Waals surface area (Å²) in [6, 6.07) is 3.59. The number of phenols is 1. The molecule has 4 nitrogen and oxygen atoms in total. The maximum Gasteiger partial charge on any atom is 0.168 e. The normalized spacial score (nSPS) is 10.3. The Morgan fingerprint density at radius 3 is 2.46 bits per heavy atom. The minimum atomic E-state index is -2.71. The molecule has 1 aromatic rings. The Morgan fingerprint density at radius 2 is 2.00 bits per heavy atom. The number of carbonyl (C=O) groups excluding carboxylic acids is 1. The van der Waals surface area contributed by atoms with Crippen LogP contribution in [0.15, 0.2) is 23.1 Å². The molecule has 0 aromatic heterocycles. The van der Waals surface area contributed by atoms with Crippen molar-refractivity contribution in [3.63, 3.8) is 0 Å². The van der Waals surface area contributed by atoms with Gasteiger partial charge in [-0.05, 0) is 25.1 Å². The maximum absolute atomic E-state index is 10.9. The third-order valence-electron chi connectivity index (χ3n) is 1.57. The zero-order valence-electron chi connectivity index (χ0n) is 6.85. The molecule has 13 heavy (non-hydrogen) atoms. The lowest BCUT2D eigenvalue weighted by Gasteiger charge is -1.99. The third-order valence-corrected chi connectivity index (χ3v) is 2.27. The number of Topliss-reactive ketones (excluding diaryl/α,β-unsaturated/α-hetero) is 1. The predicted molar refractivity (Wildman–Crippen MR) is 46.7 cm³/mol. The topological polar surface area (TPSA) is 71.4 Å². The number of benzene rings is 1. The first-order valence-corrected chi connectivity index (χ1v) is 4.68. The smallest absolute Gasteiger partial charge is 0.168 e. The largest absolute Gasteiger partial charge is 0.507 e. The molecular weight excluding hydrogens is 192 g/mol. The quantitative estimate of drug-likeness (QED) is 0.540. The number of hydrogen-bond acceptors (Lipinski definition) is 4. The van der Waals surface area contributed by atoms with E-state index >= 15 is 0 Å². The molecule has 0 bridgehead atoms. The molecule has 0 spiro atoms. The van der Waals surface area contributed by atoms with Gasteiger partial charge in [0.1, 0.15) is 5.75 Å². The number of phenolic OH excluding ortho intramolecular Hbond substituents is 1. The molecule has 1 aromatic carbocycles. The van der Waals surface area contributed by atoms with E-state index in [0.29, 0.717) is 0 Å². The van der Waals surface area contributed by atoms with Crippen molar-refractivity contribution in [2.75, 3.05) is 0 Å². The zero-order chi connectivity index (χ0) is 10.0. The molecule has 0 aliphatic rings. The highest BCUT2D eigenvalue weighted by molar-refractivity contribution is 7.72. The van der Waals surface area contributed by atoms with E-state index in [1.54, 1.807) is 0 Å². The molecule has 0 aliphatic carbocycles. The lowest BCUT2D eigenvalue weighted by atomic mass is 10.1. The summed E-state index contributed by atoms with van der Waals surface area (Å²) in [5.74, 6) is -0.565. The molecule has 0 unspecified atom stereocenters. The third kappa shape index (κ3) is 2.06. The molecule has 0 saturated carbocycles. The van der Waals surface area contributed by atoms with Gasteiger partial charge in [-0.3, -0.25) is 4.79 Å². The van der Waals surface area contributed by atoms with Crippen LogP contribution >= 0.6 is 0 Å². The van der Waals surface area contributed by atoms with Crippen LogP contribution in [0.1, 0.15) is 17.3 Å². The molecule has 70 valence electrons. The van der Waals surface area contributed by atoms with Crippen LogP contribution in [0.5, 0.6) is 5.75 Å². The van der Waals surface area contributed by atoms with E-state index < -0.39 is 10.7 Å². The Kier molecular flexibility index (Phi) is 2.67. The first kappa shape index (κ1) is 9.73. The van der Waals surface area contributed by atoms with Crippen molar-refractivity contribution in [2.45, 2.75) is 11.8 Å². The van der Waals surface area contributed by atoms with Crippen LogP contribution in [-0.2, 0) is 10.7 Å². The average molecular weight is 200 g/mol. The Morgan fingerprint density at radius 1 is 1.38 bits per heavy atom. The first-order valence-electron chi connectivity index (χ1n) is 3.50. The number of thiol groups is 1. The summed E-state index contributed by atoms with van der Waals surface area (Å²) in [6.45, 7) is 1.26. The summed E-state index contributed by atoms with van der Waals surface area (Å²) >= 11 is 0. The predicted octanol–water partition coefficient (Wildman–Crippen LogP) is 0.565. The fourth-order valence-corrected chi connectivity index (χ4v) is 1.35. The molecule has 0 aliphatic heterocycles. The fourth-order valence-electron chi connectivity index (χ4n) is 0.920. The lowest BCUT2D eigenvalue weighted by Crippen LogP contribution is -1.94. The second-order valence-electron chi connectivity index (χ2n) is 2.51. The fraction of sp³-hybridized carbons (Fsp3) is 0.125. The lowest BCUT2D eigenvalue weighted by molar-refractivity contribution is 0.101. The first-order chi connectivity index (χ1) is 6.02. The molecule has 0 radical (unpaired) electrons. The van der Waals surface area contributed by atoms with E-state index in [1.165, 1.54) is 19.1 Å². The summed E-state index contributed by atoms with van der Waals surface area (Å²) in [5, 5.41) is 9.17. The van der Waals surface area contributed by atoms with Gasteiger partial charge in [-0.1, -0.05) is 0 Å². The van der Waals surface area contributed by atoms with Gasteiger partial charge in [0, 0.05) is 0 Å². The number of carbonyl (C=O) groups is 1. The minimum Gasteiger partial charge on any atom is -0.507 e. The van der Waals surface area contributed by atoms with Gasteiger partial charge in [0.25, 0.3) is 0 Å². The van der Waals surface area contributed by atoms with Crippen molar-refractivity contribution in [1.82, 2.24) is 0 Å². The monoisotopic (exact) mass is 200 g/mol. The second kappa shape index (κ2) is 3.57. The molecule has 1 rings (SSSR count). The van der Waals surface area contributed by atoms with E-state index in [0.717, 1.165) is 6.07 Å². The number of hydrogen-bond donors (Lipinski definition) is 2. The van der Waals surface area contributed by atoms with Crippen molar-refractivity contribution < 1.29 is 18.3 Å². The van der Waals surface area contributed by atoms with Crippen molar-refractivity contribution in [1.29, 1.82) is 0 Å². The van der Waals surface area contributed by atoms with Gasteiger partial charge >= 0.3 is 0 Å². The van der Waals surface area contributed by atoms with Crippen LogP contribution in [0.3, 0.4) is 0 Å². The Balaban J connectivity index is 3.35. The van der Waals surface area contributed by atoms with E-state index in [2.05, 4.69) is 0 Å². The van der Waals surface area contributed by atoms with E-state index in [4.69, 9.17) is 5.11 Å². The van der Waals surface area contributed by atoms with Crippen molar-refractivity contribution in [2.24, 2.45) is 0 Å². The summed E-state index contributed by atoms with van der Waals surface area (Å²) < 4.78 is 21.1. The highest BCUT2D eigenvalue weighted by Crippen LogP contribution is 2.19. The van der Waals surface area contributed by atoms with Crippen LogP contribution in [0, 0.1) is 0 Å². The minimum absolute atomic E-state index is 0.0247. The molecule has 0 heterocycles. The summed E-state index contributed by atoms with van der Waals surface area (Å²) in [7, 11) is -2.71. The van der Waals surface area contributed by atoms with Crippen LogP contribution in [-0.4, -0.2) is 19.3 Å². The van der Waals surface area contributed by atoms with Crippen molar-refractivity contribution in [3.8, 4) is 5.75 Å². The number of aromatic hydroxyl groups is 1. The van der Waals surface area contributed by atoms with Crippen LogP contribution in [0.4, 0.5) is 0 Å². The van der Waals surface area contributed by atoms with E-state index in [1.807, 2.05) is 0 Å². The molecular formula is C8H8O4S. The maximum atomic E-state index is 10.9. The van der Waals surface area contributed by atoms with E-state index in [9.17, 15) is 13.2 Å². The van der Waals surface area contributed by atoms with Crippen molar-refractivity contribution >= 4 is 16.5 Å². The molecule has 0 fully saturated rings.